The Morgan fingerprint density at radius 3 is 2.10 bits per heavy atom. The molecule has 20 heavy (non-hydrogen) atoms. The molecule has 0 aromatic heterocycles. The molecule has 1 aromatic carbocycles. The number of rotatable bonds is 2. The van der Waals surface area contributed by atoms with Gasteiger partial charge in [-0.15, -0.1) is 0 Å². The average Bonchev–Trinajstić information content (AvgIpc) is 2.62. The van der Waals surface area contributed by atoms with Crippen molar-refractivity contribution in [3.8, 4) is 0 Å². The normalized spacial score (nSPS) is 30.7. The summed E-state index contributed by atoms with van der Waals surface area (Å²) in [6.07, 6.45) is 5.45. The Hall–Kier alpha value is -0.340. The molecule has 2 aliphatic heterocycles. The Labute approximate surface area is 131 Å². The van der Waals surface area contributed by atoms with Crippen LogP contribution in [0.3, 0.4) is 0 Å². The van der Waals surface area contributed by atoms with Crippen LogP contribution in [0.25, 0.3) is 0 Å². The molecule has 2 atom stereocenters. The fraction of sp³-hybridized carbons (Fsp3) is 0.667. The zero-order valence-corrected chi connectivity index (χ0v) is 14.5. The molecular formula is C18H26BrN. The van der Waals surface area contributed by atoms with Crippen LogP contribution in [0.2, 0.25) is 0 Å². The number of halogens is 1. The van der Waals surface area contributed by atoms with Crippen LogP contribution in [-0.2, 0) is 12.0 Å². The third-order valence-electron chi connectivity index (χ3n) is 5.01. The molecule has 2 bridgehead atoms. The SMILES string of the molecule is CC(C)(C)c1ccc(CN2C3CCC2CC(Br)C3)cc1. The van der Waals surface area contributed by atoms with Crippen LogP contribution < -0.4 is 0 Å². The van der Waals surface area contributed by atoms with Gasteiger partial charge in [-0.2, -0.15) is 0 Å². The van der Waals surface area contributed by atoms with Crippen molar-refractivity contribution in [2.45, 2.75) is 75.3 Å². The molecule has 0 saturated carbocycles. The van der Waals surface area contributed by atoms with E-state index in [1.165, 1.54) is 36.8 Å². The van der Waals surface area contributed by atoms with Gasteiger partial charge in [0.25, 0.3) is 0 Å². The van der Waals surface area contributed by atoms with Gasteiger partial charge < -0.3 is 0 Å². The quantitative estimate of drug-likeness (QED) is 0.696. The summed E-state index contributed by atoms with van der Waals surface area (Å²) >= 11 is 3.83. The van der Waals surface area contributed by atoms with Crippen LogP contribution in [0.4, 0.5) is 0 Å². The van der Waals surface area contributed by atoms with E-state index in [1.807, 2.05) is 0 Å². The minimum Gasteiger partial charge on any atom is -0.293 e. The summed E-state index contributed by atoms with van der Waals surface area (Å²) in [6.45, 7) is 7.98. The van der Waals surface area contributed by atoms with Crippen molar-refractivity contribution in [3.63, 3.8) is 0 Å². The second-order valence-electron chi connectivity index (χ2n) is 7.57. The van der Waals surface area contributed by atoms with Crippen molar-refractivity contribution in [2.75, 3.05) is 0 Å². The molecule has 110 valence electrons. The maximum Gasteiger partial charge on any atom is 0.0239 e. The van der Waals surface area contributed by atoms with Gasteiger partial charge in [-0.1, -0.05) is 61.0 Å². The lowest BCUT2D eigenvalue weighted by Crippen LogP contribution is -2.42. The fourth-order valence-corrected chi connectivity index (χ4v) is 4.65. The van der Waals surface area contributed by atoms with Crippen molar-refractivity contribution in [1.82, 2.24) is 4.90 Å². The maximum atomic E-state index is 3.83. The predicted molar refractivity (Wildman–Crippen MR) is 89.4 cm³/mol. The Balaban J connectivity index is 1.70. The van der Waals surface area contributed by atoms with E-state index in [-0.39, 0.29) is 5.41 Å². The lowest BCUT2D eigenvalue weighted by Gasteiger charge is -2.37. The van der Waals surface area contributed by atoms with E-state index in [0.717, 1.165) is 23.5 Å². The van der Waals surface area contributed by atoms with Gasteiger partial charge in [0.05, 0.1) is 0 Å². The number of fused-ring (bicyclic) bond motifs is 2. The van der Waals surface area contributed by atoms with Gasteiger partial charge in [-0.3, -0.25) is 4.90 Å². The molecule has 2 heteroatoms. The first kappa shape index (κ1) is 14.6. The van der Waals surface area contributed by atoms with Crippen LogP contribution >= 0.6 is 15.9 Å². The fourth-order valence-electron chi connectivity index (χ4n) is 3.79. The van der Waals surface area contributed by atoms with Gasteiger partial charge in [0.2, 0.25) is 0 Å². The zero-order chi connectivity index (χ0) is 14.3. The van der Waals surface area contributed by atoms with E-state index in [9.17, 15) is 0 Å². The lowest BCUT2D eigenvalue weighted by atomic mass is 9.86. The number of alkyl halides is 1. The van der Waals surface area contributed by atoms with E-state index in [0.29, 0.717) is 0 Å². The molecule has 2 fully saturated rings. The third-order valence-corrected chi connectivity index (χ3v) is 5.76. The predicted octanol–water partition coefficient (Wildman–Crippen LogP) is 4.87. The second kappa shape index (κ2) is 5.46. The molecule has 0 aliphatic carbocycles. The minimum atomic E-state index is 0.256. The first-order valence-corrected chi connectivity index (χ1v) is 8.84. The lowest BCUT2D eigenvalue weighted by molar-refractivity contribution is 0.137. The first-order valence-electron chi connectivity index (χ1n) is 7.93. The summed E-state index contributed by atoms with van der Waals surface area (Å²) < 4.78 is 0. The van der Waals surface area contributed by atoms with Crippen molar-refractivity contribution >= 4 is 15.9 Å². The van der Waals surface area contributed by atoms with E-state index in [2.05, 4.69) is 65.9 Å². The van der Waals surface area contributed by atoms with Gasteiger partial charge in [0.15, 0.2) is 0 Å². The summed E-state index contributed by atoms with van der Waals surface area (Å²) in [4.78, 5) is 3.50. The molecule has 2 aliphatic rings. The molecule has 0 amide bonds. The molecule has 0 N–H and O–H groups in total. The second-order valence-corrected chi connectivity index (χ2v) is 8.87. The summed E-state index contributed by atoms with van der Waals surface area (Å²) in [7, 11) is 0. The van der Waals surface area contributed by atoms with Crippen molar-refractivity contribution in [1.29, 1.82) is 0 Å². The van der Waals surface area contributed by atoms with Gasteiger partial charge in [-0.05, 0) is 42.2 Å². The largest absolute Gasteiger partial charge is 0.293 e. The molecule has 0 spiro atoms. The highest BCUT2D eigenvalue weighted by Gasteiger charge is 2.39. The molecule has 2 unspecified atom stereocenters. The third kappa shape index (κ3) is 2.96. The topological polar surface area (TPSA) is 3.24 Å². The molecule has 1 aromatic rings. The number of piperidine rings is 1. The molecular weight excluding hydrogens is 310 g/mol. The Bertz CT molecular complexity index is 445. The van der Waals surface area contributed by atoms with Crippen molar-refractivity contribution < 1.29 is 0 Å². The smallest absolute Gasteiger partial charge is 0.0239 e. The van der Waals surface area contributed by atoms with E-state index in [1.54, 1.807) is 0 Å². The molecule has 0 radical (unpaired) electrons. The monoisotopic (exact) mass is 335 g/mol. The number of benzene rings is 1. The summed E-state index contributed by atoms with van der Waals surface area (Å²) in [5, 5.41) is 0. The zero-order valence-electron chi connectivity index (χ0n) is 12.9. The average molecular weight is 336 g/mol. The van der Waals surface area contributed by atoms with Crippen molar-refractivity contribution in [3.05, 3.63) is 35.4 Å². The summed E-state index contributed by atoms with van der Waals surface area (Å²) in [6, 6.07) is 10.9. The number of hydrogen-bond acceptors (Lipinski definition) is 1. The highest BCUT2D eigenvalue weighted by Crippen LogP contribution is 2.39. The highest BCUT2D eigenvalue weighted by molar-refractivity contribution is 9.09. The van der Waals surface area contributed by atoms with Crippen molar-refractivity contribution in [2.24, 2.45) is 0 Å². The van der Waals surface area contributed by atoms with Crippen LogP contribution in [-0.4, -0.2) is 21.8 Å². The molecule has 2 saturated heterocycles. The van der Waals surface area contributed by atoms with Gasteiger partial charge >= 0.3 is 0 Å². The Morgan fingerprint density at radius 1 is 1.05 bits per heavy atom. The van der Waals surface area contributed by atoms with Crippen LogP contribution in [0.1, 0.15) is 57.6 Å². The Kier molecular flexibility index (Phi) is 3.98. The van der Waals surface area contributed by atoms with Crippen LogP contribution in [0.15, 0.2) is 24.3 Å². The molecule has 1 nitrogen and oxygen atoms in total. The summed E-state index contributed by atoms with van der Waals surface area (Å²) in [5.41, 5.74) is 3.16. The van der Waals surface area contributed by atoms with Gasteiger partial charge in [0, 0.05) is 23.5 Å². The van der Waals surface area contributed by atoms with E-state index >= 15 is 0 Å². The maximum absolute atomic E-state index is 3.83. The highest BCUT2D eigenvalue weighted by atomic mass is 79.9. The van der Waals surface area contributed by atoms with Crippen LogP contribution in [0.5, 0.6) is 0 Å². The summed E-state index contributed by atoms with van der Waals surface area (Å²) in [5.74, 6) is 0. The number of nitrogens with zero attached hydrogens (tertiary/aromatic N) is 1. The Morgan fingerprint density at radius 2 is 1.60 bits per heavy atom. The molecule has 2 heterocycles. The number of hydrogen-bond donors (Lipinski definition) is 0. The molecule has 3 rings (SSSR count). The standard InChI is InChI=1S/C18H26BrN/c1-18(2,3)14-6-4-13(5-7-14)12-20-16-8-9-17(20)11-15(19)10-16/h4-7,15-17H,8-12H2,1-3H3. The van der Waals surface area contributed by atoms with Gasteiger partial charge in [-0.25, -0.2) is 0 Å². The minimum absolute atomic E-state index is 0.256. The van der Waals surface area contributed by atoms with E-state index in [4.69, 9.17) is 0 Å². The van der Waals surface area contributed by atoms with Crippen LogP contribution in [0, 0.1) is 0 Å². The van der Waals surface area contributed by atoms with E-state index < -0.39 is 0 Å². The first-order chi connectivity index (χ1) is 9.43. The van der Waals surface area contributed by atoms with Gasteiger partial charge in [0.1, 0.15) is 0 Å².